The topological polar surface area (TPSA) is 91.5 Å². The molecule has 0 amide bonds. The van der Waals surface area contributed by atoms with Gasteiger partial charge in [-0.15, -0.1) is 5.10 Å². The van der Waals surface area contributed by atoms with Crippen molar-refractivity contribution in [2.75, 3.05) is 10.6 Å². The molecule has 1 saturated carbocycles. The first kappa shape index (κ1) is 29.4. The van der Waals surface area contributed by atoms with Crippen LogP contribution in [0.25, 0.3) is 10.9 Å². The Morgan fingerprint density at radius 3 is 2.41 bits per heavy atom. The van der Waals surface area contributed by atoms with Crippen LogP contribution in [0.4, 0.5) is 28.9 Å². The van der Waals surface area contributed by atoms with E-state index in [0.29, 0.717) is 38.4 Å². The predicted molar refractivity (Wildman–Crippen MR) is 160 cm³/mol. The molecule has 3 aromatic carbocycles. The van der Waals surface area contributed by atoms with Crippen molar-refractivity contribution in [1.82, 2.24) is 20.0 Å². The van der Waals surface area contributed by atoms with E-state index in [0.717, 1.165) is 16.7 Å². The second-order valence-electron chi connectivity index (χ2n) is 10.8. The van der Waals surface area contributed by atoms with Crippen LogP contribution in [-0.4, -0.2) is 26.2 Å². The van der Waals surface area contributed by atoms with Crippen molar-refractivity contribution in [1.29, 1.82) is 5.26 Å². The molecule has 6 rings (SSSR count). The van der Waals surface area contributed by atoms with Gasteiger partial charge in [0.05, 0.1) is 40.1 Å². The van der Waals surface area contributed by atoms with Crippen LogP contribution < -0.4 is 10.6 Å². The second kappa shape index (κ2) is 11.4. The van der Waals surface area contributed by atoms with Gasteiger partial charge in [-0.2, -0.15) is 18.4 Å². The van der Waals surface area contributed by atoms with E-state index in [2.05, 4.69) is 32.0 Å². The highest BCUT2D eigenvalue weighted by Crippen LogP contribution is 2.55. The number of alkyl halides is 3. The highest BCUT2D eigenvalue weighted by molar-refractivity contribution is 6.35. The monoisotopic (exact) mass is 619 g/mol. The fraction of sp³-hybridized carbons (Fsp3) is 0.250. The Bertz CT molecular complexity index is 1850. The number of aromatic nitrogens is 4. The maximum Gasteiger partial charge on any atom is 0.413 e. The van der Waals surface area contributed by atoms with Crippen molar-refractivity contribution >= 4 is 33.9 Å². The van der Waals surface area contributed by atoms with Gasteiger partial charge < -0.3 is 10.6 Å². The number of anilines is 2. The normalized spacial score (nSPS) is 15.4. The number of benzene rings is 3. The third-order valence-electron chi connectivity index (χ3n) is 7.99. The average molecular weight is 620 g/mol. The Morgan fingerprint density at radius 1 is 1.05 bits per heavy atom. The number of rotatable bonds is 9. The second-order valence-corrected chi connectivity index (χ2v) is 11.2. The van der Waals surface area contributed by atoms with E-state index in [1.165, 1.54) is 36.7 Å². The highest BCUT2D eigenvalue weighted by atomic mass is 35.5. The number of hydrogen-bond acceptors (Lipinski definition) is 6. The molecule has 2 N–H and O–H groups in total. The zero-order valence-electron chi connectivity index (χ0n) is 23.4. The number of pyridine rings is 1. The lowest BCUT2D eigenvalue weighted by Gasteiger charge is -2.23. The van der Waals surface area contributed by atoms with Crippen molar-refractivity contribution in [2.45, 2.75) is 50.0 Å². The maximum absolute atomic E-state index is 13.8. The van der Waals surface area contributed by atoms with Crippen molar-refractivity contribution in [3.63, 3.8) is 0 Å². The third kappa shape index (κ3) is 5.42. The minimum absolute atomic E-state index is 0.0834. The number of hydrogen-bond donors (Lipinski definition) is 2. The van der Waals surface area contributed by atoms with Crippen LogP contribution in [0.5, 0.6) is 0 Å². The zero-order chi connectivity index (χ0) is 31.1. The van der Waals surface area contributed by atoms with Crippen molar-refractivity contribution in [3.05, 3.63) is 112 Å². The molecular formula is C32H26ClF4N7. The first-order valence-corrected chi connectivity index (χ1v) is 14.4. The van der Waals surface area contributed by atoms with Crippen LogP contribution in [0.1, 0.15) is 60.7 Å². The fourth-order valence-corrected chi connectivity index (χ4v) is 5.66. The van der Waals surface area contributed by atoms with Gasteiger partial charge in [0.25, 0.3) is 0 Å². The number of nitriles is 1. The van der Waals surface area contributed by atoms with Gasteiger partial charge in [0, 0.05) is 17.3 Å². The molecule has 12 heteroatoms. The average Bonchev–Trinajstić information content (AvgIpc) is 3.71. The van der Waals surface area contributed by atoms with Crippen LogP contribution in [0.3, 0.4) is 0 Å². The van der Waals surface area contributed by atoms with Gasteiger partial charge in [0.1, 0.15) is 17.6 Å². The molecule has 5 aromatic rings. The minimum atomic E-state index is -4.48. The van der Waals surface area contributed by atoms with Crippen LogP contribution in [0.15, 0.2) is 79.1 Å². The summed E-state index contributed by atoms with van der Waals surface area (Å²) in [5.74, 6) is -0.464. The van der Waals surface area contributed by atoms with Crippen LogP contribution in [0.2, 0.25) is 5.02 Å². The molecule has 0 radical (unpaired) electrons. The lowest BCUT2D eigenvalue weighted by Crippen LogP contribution is -2.35. The molecule has 0 aliphatic heterocycles. The summed E-state index contributed by atoms with van der Waals surface area (Å²) in [5.41, 5.74) is 1.53. The molecule has 44 heavy (non-hydrogen) atoms. The molecule has 0 spiro atoms. The molecule has 7 nitrogen and oxygen atoms in total. The number of nitrogens with one attached hydrogen (secondary N) is 2. The Hall–Kier alpha value is -4.69. The van der Waals surface area contributed by atoms with Crippen LogP contribution in [0, 0.1) is 17.1 Å². The number of halogens is 5. The number of nitrogens with zero attached hydrogens (tertiary/aromatic N) is 5. The molecule has 2 atom stereocenters. The molecule has 1 aliphatic carbocycles. The van der Waals surface area contributed by atoms with Crippen LogP contribution >= 0.6 is 11.6 Å². The molecular weight excluding hydrogens is 594 g/mol. The summed E-state index contributed by atoms with van der Waals surface area (Å²) in [7, 11) is 0. The molecule has 2 heterocycles. The lowest BCUT2D eigenvalue weighted by atomic mass is 10.0. The first-order chi connectivity index (χ1) is 21.1. The molecule has 0 unspecified atom stereocenters. The molecule has 0 bridgehead atoms. The van der Waals surface area contributed by atoms with Gasteiger partial charge in [-0.25, -0.2) is 9.07 Å². The quantitative estimate of drug-likeness (QED) is 0.161. The molecule has 2 aromatic heterocycles. The third-order valence-corrected chi connectivity index (χ3v) is 8.27. The SMILES string of the molecule is CC[C@@H](Nc1c(C#N)cnc2c(Cl)cc(N[C@@H](c3ccc(F)cc3)c3cn(C4(C(F)(F)F)CC4)nn3)cc12)c1ccccc1. The largest absolute Gasteiger partial charge is 0.413 e. The maximum atomic E-state index is 13.8. The summed E-state index contributed by atoms with van der Waals surface area (Å²) < 4.78 is 56.2. The van der Waals surface area contributed by atoms with Crippen molar-refractivity contribution < 1.29 is 17.6 Å². The van der Waals surface area contributed by atoms with E-state index >= 15 is 0 Å². The van der Waals surface area contributed by atoms with Crippen molar-refractivity contribution in [2.24, 2.45) is 0 Å². The lowest BCUT2D eigenvalue weighted by molar-refractivity contribution is -0.182. The van der Waals surface area contributed by atoms with E-state index in [9.17, 15) is 22.8 Å². The molecule has 0 saturated heterocycles. The Labute approximate surface area is 255 Å². The van der Waals surface area contributed by atoms with Gasteiger partial charge in [-0.05, 0) is 54.7 Å². The Balaban J connectivity index is 1.43. The van der Waals surface area contributed by atoms with E-state index in [4.69, 9.17) is 11.6 Å². The van der Waals surface area contributed by atoms with E-state index < -0.39 is 23.6 Å². The highest BCUT2D eigenvalue weighted by Gasteiger charge is 2.66. The van der Waals surface area contributed by atoms with Crippen molar-refractivity contribution in [3.8, 4) is 6.07 Å². The van der Waals surface area contributed by atoms with Gasteiger partial charge in [0.2, 0.25) is 0 Å². The van der Waals surface area contributed by atoms with Gasteiger partial charge >= 0.3 is 6.18 Å². The molecule has 1 aliphatic rings. The Morgan fingerprint density at radius 2 is 1.77 bits per heavy atom. The van der Waals surface area contributed by atoms with E-state index in [1.807, 2.05) is 37.3 Å². The molecule has 1 fully saturated rings. The predicted octanol–water partition coefficient (Wildman–Crippen LogP) is 8.31. The summed E-state index contributed by atoms with van der Waals surface area (Å²) >= 11 is 6.72. The zero-order valence-corrected chi connectivity index (χ0v) is 24.2. The molecule has 224 valence electrons. The van der Waals surface area contributed by atoms with Gasteiger partial charge in [-0.3, -0.25) is 4.98 Å². The van der Waals surface area contributed by atoms with E-state index in [1.54, 1.807) is 12.1 Å². The Kier molecular flexibility index (Phi) is 7.63. The summed E-state index contributed by atoms with van der Waals surface area (Å²) in [6.07, 6.45) is -1.17. The smallest absolute Gasteiger partial charge is 0.377 e. The fourth-order valence-electron chi connectivity index (χ4n) is 5.39. The summed E-state index contributed by atoms with van der Waals surface area (Å²) in [5, 5.41) is 25.6. The summed E-state index contributed by atoms with van der Waals surface area (Å²) in [6.45, 7) is 2.03. The summed E-state index contributed by atoms with van der Waals surface area (Å²) in [4.78, 5) is 4.43. The standard InChI is InChI=1S/C32H26ClF4N7/c1-2-26(19-6-4-3-5-7-19)41-28-21(16-38)17-39-30-24(28)14-23(15-25(30)33)40-29(20-8-10-22(34)11-9-20)27-18-44(43-42-27)31(12-13-31)32(35,36)37/h3-11,14-15,17-18,26,29,40H,2,12-13H2,1H3,(H,39,41)/t26-,29+/m1/s1. The number of fused-ring (bicyclic) bond motifs is 1. The van der Waals surface area contributed by atoms with Gasteiger partial charge in [0.15, 0.2) is 5.54 Å². The van der Waals surface area contributed by atoms with Crippen LogP contribution in [-0.2, 0) is 5.54 Å². The summed E-state index contributed by atoms with van der Waals surface area (Å²) in [6, 6.07) is 20.1. The minimum Gasteiger partial charge on any atom is -0.377 e. The van der Waals surface area contributed by atoms with Gasteiger partial charge in [-0.1, -0.05) is 66.2 Å². The van der Waals surface area contributed by atoms with E-state index in [-0.39, 0.29) is 24.6 Å². The first-order valence-electron chi connectivity index (χ1n) is 14.0.